The zero-order chi connectivity index (χ0) is 14.7. The lowest BCUT2D eigenvalue weighted by Gasteiger charge is -2.19. The molecule has 2 aromatic carbocycles. The Morgan fingerprint density at radius 2 is 2.05 bits per heavy atom. The molecule has 0 fully saturated rings. The maximum absolute atomic E-state index is 13.6. The van der Waals surface area contributed by atoms with Gasteiger partial charge in [-0.1, -0.05) is 12.1 Å². The standard InChI is InChI=1S/C15H17FN2O2/c1-10-4-3-5-14(18(2)17)12(10)9-20-15-7-6-11(19)8-13(15)16/h3-8,19H,9,17H2,1-2H3. The summed E-state index contributed by atoms with van der Waals surface area (Å²) in [5.74, 6) is 5.14. The second-order valence-corrected chi connectivity index (χ2v) is 4.59. The molecule has 0 aliphatic carbocycles. The average molecular weight is 276 g/mol. The van der Waals surface area contributed by atoms with E-state index in [2.05, 4.69) is 0 Å². The van der Waals surface area contributed by atoms with Gasteiger partial charge in [-0.2, -0.15) is 0 Å². The van der Waals surface area contributed by atoms with Gasteiger partial charge in [-0.05, 0) is 30.7 Å². The Balaban J connectivity index is 2.23. The van der Waals surface area contributed by atoms with Crippen molar-refractivity contribution in [3.05, 3.63) is 53.3 Å². The molecule has 20 heavy (non-hydrogen) atoms. The van der Waals surface area contributed by atoms with E-state index in [0.29, 0.717) is 0 Å². The summed E-state index contributed by atoms with van der Waals surface area (Å²) in [4.78, 5) is 0. The van der Waals surface area contributed by atoms with Gasteiger partial charge < -0.3 is 14.9 Å². The minimum absolute atomic E-state index is 0.0941. The van der Waals surface area contributed by atoms with Crippen LogP contribution in [0.2, 0.25) is 0 Å². The second-order valence-electron chi connectivity index (χ2n) is 4.59. The molecule has 5 heteroatoms. The van der Waals surface area contributed by atoms with Gasteiger partial charge in [0.1, 0.15) is 12.4 Å². The van der Waals surface area contributed by atoms with Crippen LogP contribution in [0.3, 0.4) is 0 Å². The van der Waals surface area contributed by atoms with Crippen molar-refractivity contribution in [3.8, 4) is 11.5 Å². The Bertz CT molecular complexity index is 615. The Morgan fingerprint density at radius 3 is 2.70 bits per heavy atom. The summed E-state index contributed by atoms with van der Waals surface area (Å²) in [5.41, 5.74) is 2.73. The number of nitrogens with zero attached hydrogens (tertiary/aromatic N) is 1. The van der Waals surface area contributed by atoms with Crippen LogP contribution in [0, 0.1) is 12.7 Å². The number of nitrogens with two attached hydrogens (primary N) is 1. The summed E-state index contributed by atoms with van der Waals surface area (Å²) in [6.07, 6.45) is 0. The minimum atomic E-state index is -0.596. The van der Waals surface area contributed by atoms with Crippen LogP contribution in [0.4, 0.5) is 10.1 Å². The van der Waals surface area contributed by atoms with Crippen molar-refractivity contribution < 1.29 is 14.2 Å². The molecule has 3 N–H and O–H groups in total. The van der Waals surface area contributed by atoms with E-state index in [1.54, 1.807) is 7.05 Å². The average Bonchev–Trinajstić information content (AvgIpc) is 2.38. The molecular weight excluding hydrogens is 259 g/mol. The van der Waals surface area contributed by atoms with Crippen LogP contribution < -0.4 is 15.6 Å². The first kappa shape index (κ1) is 14.1. The van der Waals surface area contributed by atoms with E-state index in [1.165, 1.54) is 17.1 Å². The Morgan fingerprint density at radius 1 is 1.30 bits per heavy atom. The Labute approximate surface area is 117 Å². The molecule has 0 heterocycles. The smallest absolute Gasteiger partial charge is 0.168 e. The topological polar surface area (TPSA) is 58.7 Å². The first-order valence-corrected chi connectivity index (χ1v) is 6.17. The van der Waals surface area contributed by atoms with Crippen molar-refractivity contribution >= 4 is 5.69 Å². The van der Waals surface area contributed by atoms with E-state index >= 15 is 0 Å². The monoisotopic (exact) mass is 276 g/mol. The molecule has 106 valence electrons. The van der Waals surface area contributed by atoms with Crippen LogP contribution in [-0.2, 0) is 6.61 Å². The number of phenolic OH excluding ortho intramolecular Hbond substituents is 1. The van der Waals surface area contributed by atoms with Gasteiger partial charge in [-0.25, -0.2) is 10.2 Å². The third kappa shape index (κ3) is 3.00. The Hall–Kier alpha value is -2.27. The fraction of sp³-hybridized carbons (Fsp3) is 0.200. The number of hydrazine groups is 1. The summed E-state index contributed by atoms with van der Waals surface area (Å²) >= 11 is 0. The summed E-state index contributed by atoms with van der Waals surface area (Å²) in [7, 11) is 1.74. The molecule has 0 unspecified atom stereocenters. The molecule has 2 aromatic rings. The molecule has 0 saturated heterocycles. The quantitative estimate of drug-likeness (QED) is 0.666. The van der Waals surface area contributed by atoms with E-state index in [4.69, 9.17) is 15.7 Å². The van der Waals surface area contributed by atoms with Crippen molar-refractivity contribution in [2.75, 3.05) is 12.1 Å². The lowest BCUT2D eigenvalue weighted by molar-refractivity contribution is 0.289. The highest BCUT2D eigenvalue weighted by Crippen LogP contribution is 2.26. The molecule has 4 nitrogen and oxygen atoms in total. The van der Waals surface area contributed by atoms with Crippen LogP contribution in [0.25, 0.3) is 0 Å². The van der Waals surface area contributed by atoms with Crippen molar-refractivity contribution in [2.24, 2.45) is 5.84 Å². The van der Waals surface area contributed by atoms with Gasteiger partial charge in [0.2, 0.25) is 0 Å². The predicted molar refractivity (Wildman–Crippen MR) is 76.2 cm³/mol. The molecule has 0 amide bonds. The molecule has 0 aliphatic rings. The minimum Gasteiger partial charge on any atom is -0.508 e. The molecule has 0 aromatic heterocycles. The largest absolute Gasteiger partial charge is 0.508 e. The lowest BCUT2D eigenvalue weighted by Crippen LogP contribution is -2.26. The number of anilines is 1. The SMILES string of the molecule is Cc1cccc(N(C)N)c1COc1ccc(O)cc1F. The number of halogens is 1. The maximum atomic E-state index is 13.6. The molecular formula is C15H17FN2O2. The van der Waals surface area contributed by atoms with Crippen LogP contribution >= 0.6 is 0 Å². The number of aryl methyl sites for hydroxylation is 1. The van der Waals surface area contributed by atoms with Crippen LogP contribution in [0.1, 0.15) is 11.1 Å². The van der Waals surface area contributed by atoms with E-state index in [1.807, 2.05) is 25.1 Å². The third-order valence-corrected chi connectivity index (χ3v) is 3.05. The van der Waals surface area contributed by atoms with Gasteiger partial charge in [-0.15, -0.1) is 0 Å². The van der Waals surface area contributed by atoms with Crippen molar-refractivity contribution in [3.63, 3.8) is 0 Å². The summed E-state index contributed by atoms with van der Waals surface area (Å²) in [6.45, 7) is 2.14. The first-order chi connectivity index (χ1) is 9.49. The number of aromatic hydroxyl groups is 1. The summed E-state index contributed by atoms with van der Waals surface area (Å²) in [5, 5.41) is 10.7. The molecule has 0 spiro atoms. The number of rotatable bonds is 4. The summed E-state index contributed by atoms with van der Waals surface area (Å²) < 4.78 is 19.1. The highest BCUT2D eigenvalue weighted by Gasteiger charge is 2.10. The molecule has 0 atom stereocenters. The number of hydrogen-bond acceptors (Lipinski definition) is 4. The van der Waals surface area contributed by atoms with E-state index in [9.17, 15) is 4.39 Å². The van der Waals surface area contributed by atoms with Gasteiger partial charge in [0.15, 0.2) is 11.6 Å². The second kappa shape index (κ2) is 5.79. The number of hydrogen-bond donors (Lipinski definition) is 2. The normalized spacial score (nSPS) is 10.4. The fourth-order valence-electron chi connectivity index (χ4n) is 1.96. The molecule has 0 bridgehead atoms. The first-order valence-electron chi connectivity index (χ1n) is 6.17. The van der Waals surface area contributed by atoms with Crippen LogP contribution in [0.15, 0.2) is 36.4 Å². The van der Waals surface area contributed by atoms with Crippen molar-refractivity contribution in [1.29, 1.82) is 0 Å². The fourth-order valence-corrected chi connectivity index (χ4v) is 1.96. The zero-order valence-corrected chi connectivity index (χ0v) is 11.4. The highest BCUT2D eigenvalue weighted by atomic mass is 19.1. The van der Waals surface area contributed by atoms with E-state index in [0.717, 1.165) is 22.9 Å². The van der Waals surface area contributed by atoms with E-state index in [-0.39, 0.29) is 18.1 Å². The lowest BCUT2D eigenvalue weighted by atomic mass is 10.1. The van der Waals surface area contributed by atoms with Crippen molar-refractivity contribution in [2.45, 2.75) is 13.5 Å². The Kier molecular flexibility index (Phi) is 4.10. The van der Waals surface area contributed by atoms with Gasteiger partial charge in [0.25, 0.3) is 0 Å². The highest BCUT2D eigenvalue weighted by molar-refractivity contribution is 5.55. The van der Waals surface area contributed by atoms with Crippen LogP contribution in [-0.4, -0.2) is 12.2 Å². The van der Waals surface area contributed by atoms with Gasteiger partial charge in [-0.3, -0.25) is 0 Å². The summed E-state index contributed by atoms with van der Waals surface area (Å²) in [6, 6.07) is 9.51. The molecule has 0 aliphatic heterocycles. The third-order valence-electron chi connectivity index (χ3n) is 3.05. The number of phenols is 1. The number of benzene rings is 2. The maximum Gasteiger partial charge on any atom is 0.168 e. The van der Waals surface area contributed by atoms with Crippen LogP contribution in [0.5, 0.6) is 11.5 Å². The van der Waals surface area contributed by atoms with E-state index < -0.39 is 5.82 Å². The zero-order valence-electron chi connectivity index (χ0n) is 11.4. The van der Waals surface area contributed by atoms with Gasteiger partial charge in [0.05, 0.1) is 5.69 Å². The molecule has 2 rings (SSSR count). The number of ether oxygens (including phenoxy) is 1. The van der Waals surface area contributed by atoms with Crippen molar-refractivity contribution in [1.82, 2.24) is 0 Å². The molecule has 0 radical (unpaired) electrons. The van der Waals surface area contributed by atoms with Gasteiger partial charge >= 0.3 is 0 Å². The predicted octanol–water partition coefficient (Wildman–Crippen LogP) is 2.73. The van der Waals surface area contributed by atoms with Gasteiger partial charge in [0, 0.05) is 18.7 Å². The molecule has 0 saturated carbocycles.